The molecule has 0 saturated carbocycles. The molecule has 6 heteroatoms. The Bertz CT molecular complexity index is 491. The molecule has 0 unspecified atom stereocenters. The van der Waals surface area contributed by atoms with Gasteiger partial charge >= 0.3 is 0 Å². The van der Waals surface area contributed by atoms with Crippen molar-refractivity contribution in [1.82, 2.24) is 19.7 Å². The Morgan fingerprint density at radius 3 is 2.78 bits per heavy atom. The number of pyridine rings is 1. The Kier molecular flexibility index (Phi) is 3.76. The largest absolute Gasteiger partial charge is 0.481 e. The van der Waals surface area contributed by atoms with Crippen LogP contribution in [0.1, 0.15) is 25.7 Å². The number of hydrogen-bond donors (Lipinski definition) is 1. The summed E-state index contributed by atoms with van der Waals surface area (Å²) in [5, 5.41) is 7.44. The summed E-state index contributed by atoms with van der Waals surface area (Å²) in [5.41, 5.74) is 0.925. The zero-order valence-corrected chi connectivity index (χ0v) is 10.8. The second kappa shape index (κ2) is 5.48. The number of nitrogens with zero attached hydrogens (tertiary/aromatic N) is 4. The van der Waals surface area contributed by atoms with Crippen LogP contribution in [-0.4, -0.2) is 26.9 Å². The minimum absolute atomic E-state index is 0.304. The number of hydrogen-bond acceptors (Lipinski definition) is 5. The van der Waals surface area contributed by atoms with Crippen LogP contribution in [0.25, 0.3) is 0 Å². The molecule has 0 bridgehead atoms. The van der Waals surface area contributed by atoms with Gasteiger partial charge in [-0.15, -0.1) is 0 Å². The van der Waals surface area contributed by atoms with E-state index in [0.717, 1.165) is 11.5 Å². The van der Waals surface area contributed by atoms with Gasteiger partial charge in [0, 0.05) is 12.1 Å². The predicted molar refractivity (Wildman–Crippen MR) is 68.5 cm³/mol. The molecule has 0 saturated heterocycles. The molecule has 2 heterocycles. The van der Waals surface area contributed by atoms with E-state index in [9.17, 15) is 0 Å². The first-order valence-electron chi connectivity index (χ1n) is 5.83. The molecule has 2 aromatic heterocycles. The van der Waals surface area contributed by atoms with Crippen LogP contribution in [0.5, 0.6) is 5.88 Å². The topological polar surface area (TPSA) is 64.9 Å². The molecule has 0 aliphatic heterocycles. The van der Waals surface area contributed by atoms with Crippen molar-refractivity contribution in [3.8, 4) is 5.88 Å². The molecule has 6 nitrogen and oxygen atoms in total. The summed E-state index contributed by atoms with van der Waals surface area (Å²) in [7, 11) is 1.60. The molecule has 1 N–H and O–H groups in total. The third-order valence-electron chi connectivity index (χ3n) is 2.53. The van der Waals surface area contributed by atoms with Gasteiger partial charge in [-0.3, -0.25) is 0 Å². The SMILES string of the molecule is COc1ccc(NCc2ncnn2C(C)C)cn1. The first-order chi connectivity index (χ1) is 8.70. The lowest BCUT2D eigenvalue weighted by Crippen LogP contribution is -2.12. The van der Waals surface area contributed by atoms with Crippen molar-refractivity contribution in [1.29, 1.82) is 0 Å². The van der Waals surface area contributed by atoms with Gasteiger partial charge < -0.3 is 10.1 Å². The zero-order valence-electron chi connectivity index (χ0n) is 10.8. The number of ether oxygens (including phenoxy) is 1. The first-order valence-corrected chi connectivity index (χ1v) is 5.83. The molecule has 18 heavy (non-hydrogen) atoms. The van der Waals surface area contributed by atoms with Gasteiger partial charge in [-0.05, 0) is 19.9 Å². The molecule has 96 valence electrons. The molecule has 0 atom stereocenters. The Morgan fingerprint density at radius 2 is 2.17 bits per heavy atom. The normalized spacial score (nSPS) is 10.7. The smallest absolute Gasteiger partial charge is 0.213 e. The maximum Gasteiger partial charge on any atom is 0.213 e. The number of nitrogens with one attached hydrogen (secondary N) is 1. The number of methoxy groups -OCH3 is 1. The molecule has 2 rings (SSSR count). The Morgan fingerprint density at radius 1 is 1.33 bits per heavy atom. The van der Waals surface area contributed by atoms with Crippen LogP contribution in [0.4, 0.5) is 5.69 Å². The van der Waals surface area contributed by atoms with E-state index in [0.29, 0.717) is 18.5 Å². The highest BCUT2D eigenvalue weighted by molar-refractivity contribution is 5.41. The molecular weight excluding hydrogens is 230 g/mol. The van der Waals surface area contributed by atoms with E-state index in [2.05, 4.69) is 34.2 Å². The lowest BCUT2D eigenvalue weighted by atomic mass is 10.4. The molecule has 0 amide bonds. The van der Waals surface area contributed by atoms with Crippen LogP contribution in [0.3, 0.4) is 0 Å². The van der Waals surface area contributed by atoms with E-state index < -0.39 is 0 Å². The van der Waals surface area contributed by atoms with Crippen molar-refractivity contribution < 1.29 is 4.74 Å². The second-order valence-corrected chi connectivity index (χ2v) is 4.16. The summed E-state index contributed by atoms with van der Waals surface area (Å²) in [5.74, 6) is 1.51. The Balaban J connectivity index is 2.00. The van der Waals surface area contributed by atoms with Crippen LogP contribution in [-0.2, 0) is 6.54 Å². The monoisotopic (exact) mass is 247 g/mol. The summed E-state index contributed by atoms with van der Waals surface area (Å²) in [6.07, 6.45) is 3.30. The van der Waals surface area contributed by atoms with Gasteiger partial charge in [-0.2, -0.15) is 5.10 Å². The van der Waals surface area contributed by atoms with E-state index in [-0.39, 0.29) is 0 Å². The maximum atomic E-state index is 5.00. The minimum atomic E-state index is 0.304. The van der Waals surface area contributed by atoms with Crippen LogP contribution in [0.2, 0.25) is 0 Å². The highest BCUT2D eigenvalue weighted by atomic mass is 16.5. The molecule has 2 aromatic rings. The predicted octanol–water partition coefficient (Wildman–Crippen LogP) is 1.87. The average molecular weight is 247 g/mol. The van der Waals surface area contributed by atoms with E-state index in [4.69, 9.17) is 4.74 Å². The van der Waals surface area contributed by atoms with E-state index in [1.807, 2.05) is 16.8 Å². The van der Waals surface area contributed by atoms with Crippen LogP contribution in [0.15, 0.2) is 24.7 Å². The maximum absolute atomic E-state index is 5.00. The van der Waals surface area contributed by atoms with E-state index in [1.165, 1.54) is 0 Å². The third-order valence-corrected chi connectivity index (χ3v) is 2.53. The van der Waals surface area contributed by atoms with Gasteiger partial charge in [0.1, 0.15) is 12.2 Å². The van der Waals surface area contributed by atoms with Crippen LogP contribution < -0.4 is 10.1 Å². The van der Waals surface area contributed by atoms with Crippen molar-refractivity contribution in [2.45, 2.75) is 26.4 Å². The highest BCUT2D eigenvalue weighted by Crippen LogP contribution is 2.12. The average Bonchev–Trinajstić information content (AvgIpc) is 2.85. The molecule has 0 aromatic carbocycles. The third kappa shape index (κ3) is 2.77. The fourth-order valence-electron chi connectivity index (χ4n) is 1.62. The molecule has 0 aliphatic carbocycles. The van der Waals surface area contributed by atoms with Crippen molar-refractivity contribution in [2.75, 3.05) is 12.4 Å². The summed E-state index contributed by atoms with van der Waals surface area (Å²) in [4.78, 5) is 8.36. The summed E-state index contributed by atoms with van der Waals surface area (Å²) in [6, 6.07) is 4.04. The van der Waals surface area contributed by atoms with Gasteiger partial charge in [0.25, 0.3) is 0 Å². The van der Waals surface area contributed by atoms with Crippen LogP contribution in [0, 0.1) is 0 Å². The summed E-state index contributed by atoms with van der Waals surface area (Å²) in [6.45, 7) is 4.77. The van der Waals surface area contributed by atoms with Crippen molar-refractivity contribution in [2.24, 2.45) is 0 Å². The van der Waals surface area contributed by atoms with Gasteiger partial charge in [-0.1, -0.05) is 0 Å². The lowest BCUT2D eigenvalue weighted by Gasteiger charge is -2.10. The zero-order chi connectivity index (χ0) is 13.0. The quantitative estimate of drug-likeness (QED) is 0.873. The van der Waals surface area contributed by atoms with E-state index in [1.54, 1.807) is 19.6 Å². The first kappa shape index (κ1) is 12.3. The van der Waals surface area contributed by atoms with Crippen molar-refractivity contribution in [3.63, 3.8) is 0 Å². The summed E-state index contributed by atoms with van der Waals surface area (Å²) < 4.78 is 6.90. The minimum Gasteiger partial charge on any atom is -0.481 e. The molecule has 0 aliphatic rings. The molecular formula is C12H17N5O. The van der Waals surface area contributed by atoms with Crippen molar-refractivity contribution in [3.05, 3.63) is 30.5 Å². The highest BCUT2D eigenvalue weighted by Gasteiger charge is 2.06. The van der Waals surface area contributed by atoms with Gasteiger partial charge in [0.2, 0.25) is 5.88 Å². The number of aromatic nitrogens is 4. The number of rotatable bonds is 5. The fraction of sp³-hybridized carbons (Fsp3) is 0.417. The lowest BCUT2D eigenvalue weighted by molar-refractivity contribution is 0.398. The summed E-state index contributed by atoms with van der Waals surface area (Å²) >= 11 is 0. The van der Waals surface area contributed by atoms with Gasteiger partial charge in [0.05, 0.1) is 25.5 Å². The Labute approximate surface area is 106 Å². The molecule has 0 radical (unpaired) electrons. The van der Waals surface area contributed by atoms with Crippen LogP contribution >= 0.6 is 0 Å². The van der Waals surface area contributed by atoms with Gasteiger partial charge in [0.15, 0.2) is 0 Å². The second-order valence-electron chi connectivity index (χ2n) is 4.16. The Hall–Kier alpha value is -2.11. The molecule has 0 spiro atoms. The fourth-order valence-corrected chi connectivity index (χ4v) is 1.62. The van der Waals surface area contributed by atoms with Gasteiger partial charge in [-0.25, -0.2) is 14.6 Å². The molecule has 0 fully saturated rings. The standard InChI is InChI=1S/C12H17N5O/c1-9(2)17-11(15-8-16-17)7-13-10-4-5-12(18-3)14-6-10/h4-6,8-9,13H,7H2,1-3H3. The van der Waals surface area contributed by atoms with E-state index >= 15 is 0 Å². The number of anilines is 1. The van der Waals surface area contributed by atoms with Crippen molar-refractivity contribution >= 4 is 5.69 Å².